The number of esters is 2. The summed E-state index contributed by atoms with van der Waals surface area (Å²) in [5.74, 6) is -2.67. The molecule has 0 bridgehead atoms. The highest BCUT2D eigenvalue weighted by Gasteiger charge is 2.30. The molecule has 0 aliphatic carbocycles. The van der Waals surface area contributed by atoms with Crippen molar-refractivity contribution in [2.45, 2.75) is 26.7 Å². The maximum atomic E-state index is 10.5. The van der Waals surface area contributed by atoms with Gasteiger partial charge >= 0.3 is 17.9 Å². The van der Waals surface area contributed by atoms with Crippen molar-refractivity contribution in [3.05, 3.63) is 0 Å². The lowest BCUT2D eigenvalue weighted by Crippen LogP contribution is -2.38. The van der Waals surface area contributed by atoms with Crippen molar-refractivity contribution in [2.24, 2.45) is 0 Å². The van der Waals surface area contributed by atoms with Gasteiger partial charge in [0.1, 0.15) is 0 Å². The van der Waals surface area contributed by atoms with Gasteiger partial charge in [-0.3, -0.25) is 9.59 Å². The van der Waals surface area contributed by atoms with E-state index in [0.717, 1.165) is 0 Å². The largest absolute Gasteiger partial charge is 0.399 e. The fraction of sp³-hybridized carbons (Fsp3) is 0.667. The van der Waals surface area contributed by atoms with Crippen LogP contribution in [0.15, 0.2) is 0 Å². The Morgan fingerprint density at radius 2 is 1.50 bits per heavy atom. The molecule has 0 aromatic carbocycles. The molecular formula is C6H12O5Si. The Hall–Kier alpha value is -0.883. The molecule has 0 saturated carbocycles. The molecule has 0 heterocycles. The number of hydrogen-bond acceptors (Lipinski definition) is 5. The fourth-order valence-corrected chi connectivity index (χ4v) is 0.793. The van der Waals surface area contributed by atoms with Gasteiger partial charge in [0.25, 0.3) is 0 Å². The third-order valence-electron chi connectivity index (χ3n) is 1.03. The molecule has 0 aromatic rings. The van der Waals surface area contributed by atoms with Crippen LogP contribution in [0.4, 0.5) is 0 Å². The lowest BCUT2D eigenvalue weighted by Gasteiger charge is -2.26. The quantitative estimate of drug-likeness (QED) is 0.329. The van der Waals surface area contributed by atoms with E-state index in [2.05, 4.69) is 9.47 Å². The minimum Gasteiger partial charge on any atom is -0.399 e. The van der Waals surface area contributed by atoms with Crippen LogP contribution in [0.5, 0.6) is 0 Å². The summed E-state index contributed by atoms with van der Waals surface area (Å²) in [5, 5.41) is 0. The summed E-state index contributed by atoms with van der Waals surface area (Å²) in [6, 6.07) is 0. The number of carbonyl (C=O) groups excluding carboxylic acids is 2. The highest BCUT2D eigenvalue weighted by Crippen LogP contribution is 2.12. The third-order valence-corrected chi connectivity index (χ3v) is 1.77. The van der Waals surface area contributed by atoms with Gasteiger partial charge in [-0.25, -0.2) is 0 Å². The SMILES string of the molecule is CC(=O)OC(C)(O[SiH3])OC(C)=O. The highest BCUT2D eigenvalue weighted by molar-refractivity contribution is 5.98. The summed E-state index contributed by atoms with van der Waals surface area (Å²) in [7, 11) is 0.303. The van der Waals surface area contributed by atoms with Crippen LogP contribution in [0.25, 0.3) is 0 Å². The average Bonchev–Trinajstić information content (AvgIpc) is 1.83. The first-order valence-corrected chi connectivity index (χ1v) is 4.15. The molecule has 0 spiro atoms. The molecule has 0 rings (SSSR count). The van der Waals surface area contributed by atoms with Crippen molar-refractivity contribution < 1.29 is 23.5 Å². The van der Waals surface area contributed by atoms with Crippen molar-refractivity contribution in [3.63, 3.8) is 0 Å². The maximum absolute atomic E-state index is 10.5. The predicted octanol–water partition coefficient (Wildman–Crippen LogP) is -0.917. The van der Waals surface area contributed by atoms with Crippen molar-refractivity contribution in [2.75, 3.05) is 0 Å². The van der Waals surface area contributed by atoms with Crippen molar-refractivity contribution in [3.8, 4) is 0 Å². The summed E-state index contributed by atoms with van der Waals surface area (Å²) in [4.78, 5) is 21.0. The van der Waals surface area contributed by atoms with Crippen LogP contribution in [0.1, 0.15) is 20.8 Å². The van der Waals surface area contributed by atoms with Crippen LogP contribution in [0.3, 0.4) is 0 Å². The second-order valence-corrected chi connectivity index (χ2v) is 2.66. The number of rotatable bonds is 3. The Morgan fingerprint density at radius 1 is 1.17 bits per heavy atom. The predicted molar refractivity (Wildman–Crippen MR) is 43.0 cm³/mol. The van der Waals surface area contributed by atoms with Gasteiger partial charge in [-0.1, -0.05) is 0 Å². The molecule has 6 heteroatoms. The minimum atomic E-state index is -1.55. The van der Waals surface area contributed by atoms with Crippen LogP contribution >= 0.6 is 0 Å². The zero-order valence-corrected chi connectivity index (χ0v) is 9.54. The first-order valence-electron chi connectivity index (χ1n) is 3.34. The first kappa shape index (κ1) is 11.1. The van der Waals surface area contributed by atoms with E-state index in [0.29, 0.717) is 10.5 Å². The van der Waals surface area contributed by atoms with Gasteiger partial charge in [-0.2, -0.15) is 0 Å². The minimum absolute atomic E-state index is 0.303. The summed E-state index contributed by atoms with van der Waals surface area (Å²) < 4.78 is 14.1. The molecule has 0 saturated heterocycles. The lowest BCUT2D eigenvalue weighted by atomic mass is 10.6. The van der Waals surface area contributed by atoms with E-state index in [4.69, 9.17) is 4.43 Å². The molecule has 70 valence electrons. The molecular weight excluding hydrogens is 180 g/mol. The van der Waals surface area contributed by atoms with Crippen LogP contribution < -0.4 is 0 Å². The van der Waals surface area contributed by atoms with Crippen LogP contribution in [0, 0.1) is 0 Å². The second-order valence-electron chi connectivity index (χ2n) is 2.25. The first-order chi connectivity index (χ1) is 5.39. The van der Waals surface area contributed by atoms with Crippen molar-refractivity contribution in [1.29, 1.82) is 0 Å². The topological polar surface area (TPSA) is 61.8 Å². The molecule has 5 nitrogen and oxygen atoms in total. The number of carbonyl (C=O) groups is 2. The van der Waals surface area contributed by atoms with Gasteiger partial charge in [-0.15, -0.1) is 0 Å². The van der Waals surface area contributed by atoms with Gasteiger partial charge in [0.15, 0.2) is 10.5 Å². The molecule has 0 radical (unpaired) electrons. The molecule has 0 aromatic heterocycles. The highest BCUT2D eigenvalue weighted by atomic mass is 28.2. The van der Waals surface area contributed by atoms with Gasteiger partial charge in [0, 0.05) is 20.8 Å². The Bertz CT molecular complexity index is 174. The Kier molecular flexibility index (Phi) is 3.91. The third kappa shape index (κ3) is 4.09. The van der Waals surface area contributed by atoms with E-state index in [1.807, 2.05) is 0 Å². The summed E-state index contributed by atoms with van der Waals surface area (Å²) in [6.45, 7) is 3.79. The fourth-order valence-electron chi connectivity index (χ4n) is 0.626. The van der Waals surface area contributed by atoms with Gasteiger partial charge in [0.05, 0.1) is 0 Å². The van der Waals surface area contributed by atoms with Crippen LogP contribution in [-0.4, -0.2) is 28.4 Å². The monoisotopic (exact) mass is 192 g/mol. The Morgan fingerprint density at radius 3 is 1.67 bits per heavy atom. The molecule has 12 heavy (non-hydrogen) atoms. The van der Waals surface area contributed by atoms with Crippen molar-refractivity contribution >= 4 is 22.4 Å². The van der Waals surface area contributed by atoms with Crippen molar-refractivity contribution in [1.82, 2.24) is 0 Å². The Labute approximate surface area is 73.5 Å². The zero-order chi connectivity index (χ0) is 9.78. The number of hydrogen-bond donors (Lipinski definition) is 0. The van der Waals surface area contributed by atoms with E-state index >= 15 is 0 Å². The molecule has 0 unspecified atom stereocenters. The maximum Gasteiger partial charge on any atom is 0.362 e. The van der Waals surface area contributed by atoms with Crippen LogP contribution in [0.2, 0.25) is 0 Å². The van der Waals surface area contributed by atoms with Gasteiger partial charge < -0.3 is 13.9 Å². The van der Waals surface area contributed by atoms with E-state index < -0.39 is 17.9 Å². The molecule has 0 fully saturated rings. The smallest absolute Gasteiger partial charge is 0.362 e. The molecule has 0 amide bonds. The standard InChI is InChI=1S/C6H12O5Si/c1-4(7)9-6(3,11-12)10-5(2)8/h1-3,12H3. The average molecular weight is 192 g/mol. The Balaban J connectivity index is 4.23. The van der Waals surface area contributed by atoms with E-state index in [1.165, 1.54) is 20.8 Å². The normalized spacial score (nSPS) is 10.9. The second kappa shape index (κ2) is 4.22. The number of ether oxygens (including phenoxy) is 2. The molecule has 0 atom stereocenters. The van der Waals surface area contributed by atoms with E-state index in [-0.39, 0.29) is 0 Å². The zero-order valence-electron chi connectivity index (χ0n) is 7.54. The summed E-state index contributed by atoms with van der Waals surface area (Å²) in [6.07, 6.45) is 0. The van der Waals surface area contributed by atoms with Crippen LogP contribution in [-0.2, 0) is 23.5 Å². The molecule has 0 aliphatic rings. The summed E-state index contributed by atoms with van der Waals surface area (Å²) in [5.41, 5.74) is 0. The van der Waals surface area contributed by atoms with Gasteiger partial charge in [-0.05, 0) is 0 Å². The van der Waals surface area contributed by atoms with E-state index in [1.54, 1.807) is 0 Å². The lowest BCUT2D eigenvalue weighted by molar-refractivity contribution is -0.297. The van der Waals surface area contributed by atoms with Gasteiger partial charge in [0.2, 0.25) is 0 Å². The molecule has 0 N–H and O–H groups in total. The van der Waals surface area contributed by atoms with E-state index in [9.17, 15) is 9.59 Å². The summed E-state index contributed by atoms with van der Waals surface area (Å²) >= 11 is 0. The molecule has 0 aliphatic heterocycles.